The lowest BCUT2D eigenvalue weighted by Crippen LogP contribution is -2.37. The number of aromatic nitrogens is 3. The summed E-state index contributed by atoms with van der Waals surface area (Å²) in [6, 6.07) is 4.04. The summed E-state index contributed by atoms with van der Waals surface area (Å²) in [5, 5.41) is 18.2. The van der Waals surface area contributed by atoms with Gasteiger partial charge in [0.1, 0.15) is 17.7 Å². The molecule has 9 nitrogen and oxygen atoms in total. The highest BCUT2D eigenvalue weighted by molar-refractivity contribution is 5.99. The van der Waals surface area contributed by atoms with Crippen molar-refractivity contribution < 1.29 is 4.79 Å². The molecule has 1 fully saturated rings. The third-order valence-electron chi connectivity index (χ3n) is 4.59. The largest absolute Gasteiger partial charge is 0.381 e. The number of amides is 1. The normalized spacial score (nSPS) is 14.9. The van der Waals surface area contributed by atoms with Gasteiger partial charge in [-0.25, -0.2) is 15.0 Å². The smallest absolute Gasteiger partial charge is 0.254 e. The fourth-order valence-electron chi connectivity index (χ4n) is 3.03. The average molecular weight is 380 g/mol. The molecule has 0 atom stereocenters. The maximum Gasteiger partial charge on any atom is 0.254 e. The maximum atomic E-state index is 12.4. The summed E-state index contributed by atoms with van der Waals surface area (Å²) in [5.74, 6) is 0.861. The van der Waals surface area contributed by atoms with Crippen molar-refractivity contribution in [2.45, 2.75) is 25.8 Å². The van der Waals surface area contributed by atoms with Crippen LogP contribution in [0.2, 0.25) is 0 Å². The molecule has 9 heteroatoms. The zero-order valence-electron chi connectivity index (χ0n) is 16.1. The van der Waals surface area contributed by atoms with Crippen molar-refractivity contribution in [2.75, 3.05) is 37.3 Å². The zero-order valence-corrected chi connectivity index (χ0v) is 16.1. The Morgan fingerprint density at radius 2 is 1.96 bits per heavy atom. The molecule has 0 radical (unpaired) electrons. The number of piperidine rings is 1. The maximum absolute atomic E-state index is 12.4. The van der Waals surface area contributed by atoms with Crippen molar-refractivity contribution in [3.05, 3.63) is 35.9 Å². The standard InChI is InChI=1S/C19H24N8O/c1-3-21-19(28)15-11-24-17(26-18-12-22-14(9-20)10-23-18)8-16(15)25-13-4-6-27(2)7-5-13/h8,10-13H,3-7H2,1-2H3,(H,21,28)(H2,23,24,25,26). The van der Waals surface area contributed by atoms with Gasteiger partial charge in [0, 0.05) is 24.8 Å². The summed E-state index contributed by atoms with van der Waals surface area (Å²) in [5.41, 5.74) is 1.49. The highest BCUT2D eigenvalue weighted by Gasteiger charge is 2.20. The van der Waals surface area contributed by atoms with E-state index in [1.54, 1.807) is 6.20 Å². The van der Waals surface area contributed by atoms with Crippen LogP contribution in [0, 0.1) is 11.3 Å². The first-order chi connectivity index (χ1) is 13.6. The number of nitrogens with one attached hydrogen (secondary N) is 3. The number of hydrogen-bond acceptors (Lipinski definition) is 8. The summed E-state index contributed by atoms with van der Waals surface area (Å²) >= 11 is 0. The Balaban J connectivity index is 1.81. The molecule has 0 unspecified atom stereocenters. The highest BCUT2D eigenvalue weighted by atomic mass is 16.1. The van der Waals surface area contributed by atoms with Crippen LogP contribution in [0.3, 0.4) is 0 Å². The number of carbonyl (C=O) groups excluding carboxylic acids is 1. The van der Waals surface area contributed by atoms with E-state index in [0.717, 1.165) is 31.6 Å². The van der Waals surface area contributed by atoms with Crippen LogP contribution in [0.5, 0.6) is 0 Å². The number of anilines is 3. The van der Waals surface area contributed by atoms with Crippen LogP contribution < -0.4 is 16.0 Å². The van der Waals surface area contributed by atoms with Crippen LogP contribution in [0.25, 0.3) is 0 Å². The first-order valence-electron chi connectivity index (χ1n) is 9.31. The Kier molecular flexibility index (Phi) is 6.34. The Labute approximate surface area is 164 Å². The molecule has 0 saturated carbocycles. The lowest BCUT2D eigenvalue weighted by molar-refractivity contribution is 0.0956. The van der Waals surface area contributed by atoms with Gasteiger partial charge in [-0.1, -0.05) is 0 Å². The monoisotopic (exact) mass is 380 g/mol. The summed E-state index contributed by atoms with van der Waals surface area (Å²) < 4.78 is 0. The van der Waals surface area contributed by atoms with Gasteiger partial charge in [-0.2, -0.15) is 5.26 Å². The molecule has 3 N–H and O–H groups in total. The third-order valence-corrected chi connectivity index (χ3v) is 4.59. The third kappa shape index (κ3) is 4.92. The van der Waals surface area contributed by atoms with E-state index in [1.807, 2.05) is 19.1 Å². The summed E-state index contributed by atoms with van der Waals surface area (Å²) in [6.07, 6.45) is 6.45. The molecular formula is C19H24N8O. The first kappa shape index (κ1) is 19.5. The van der Waals surface area contributed by atoms with Crippen LogP contribution in [-0.2, 0) is 0 Å². The minimum absolute atomic E-state index is 0.157. The zero-order chi connectivity index (χ0) is 19.9. The van der Waals surface area contributed by atoms with Gasteiger partial charge in [0.05, 0.1) is 23.6 Å². The Hall–Kier alpha value is -3.25. The van der Waals surface area contributed by atoms with E-state index in [-0.39, 0.29) is 11.6 Å². The molecule has 3 heterocycles. The molecule has 1 amide bonds. The second-order valence-corrected chi connectivity index (χ2v) is 6.72. The molecular weight excluding hydrogens is 356 g/mol. The van der Waals surface area contributed by atoms with Crippen molar-refractivity contribution in [2.24, 2.45) is 0 Å². The van der Waals surface area contributed by atoms with Gasteiger partial charge in [0.25, 0.3) is 5.91 Å². The molecule has 0 bridgehead atoms. The fourth-order valence-corrected chi connectivity index (χ4v) is 3.03. The van der Waals surface area contributed by atoms with E-state index in [1.165, 1.54) is 12.4 Å². The van der Waals surface area contributed by atoms with E-state index in [0.29, 0.717) is 29.8 Å². The molecule has 1 aliphatic heterocycles. The molecule has 1 saturated heterocycles. The van der Waals surface area contributed by atoms with Crippen molar-refractivity contribution >= 4 is 23.2 Å². The van der Waals surface area contributed by atoms with Crippen molar-refractivity contribution in [3.63, 3.8) is 0 Å². The van der Waals surface area contributed by atoms with Crippen LogP contribution >= 0.6 is 0 Å². The molecule has 3 rings (SSSR count). The van der Waals surface area contributed by atoms with E-state index in [2.05, 4.69) is 42.8 Å². The molecule has 0 spiro atoms. The SMILES string of the molecule is CCNC(=O)c1cnc(Nc2cnc(C#N)cn2)cc1NC1CCN(C)CC1. The predicted octanol–water partition coefficient (Wildman–Crippen LogP) is 1.74. The highest BCUT2D eigenvalue weighted by Crippen LogP contribution is 2.24. The molecule has 2 aromatic rings. The number of rotatable bonds is 6. The van der Waals surface area contributed by atoms with Crippen molar-refractivity contribution in [3.8, 4) is 6.07 Å². The van der Waals surface area contributed by atoms with Gasteiger partial charge < -0.3 is 20.9 Å². The van der Waals surface area contributed by atoms with Gasteiger partial charge in [0.2, 0.25) is 0 Å². The first-order valence-corrected chi connectivity index (χ1v) is 9.31. The van der Waals surface area contributed by atoms with Crippen LogP contribution in [0.4, 0.5) is 17.3 Å². The molecule has 0 aromatic carbocycles. The number of likely N-dealkylation sites (tertiary alicyclic amines) is 1. The molecule has 1 aliphatic rings. The van der Waals surface area contributed by atoms with Crippen LogP contribution in [0.15, 0.2) is 24.7 Å². The van der Waals surface area contributed by atoms with Gasteiger partial charge >= 0.3 is 0 Å². The summed E-state index contributed by atoms with van der Waals surface area (Å²) in [6.45, 7) is 4.47. The Morgan fingerprint density at radius 1 is 1.21 bits per heavy atom. The number of carbonyl (C=O) groups is 1. The minimum atomic E-state index is -0.157. The quantitative estimate of drug-likeness (QED) is 0.693. The predicted molar refractivity (Wildman–Crippen MR) is 106 cm³/mol. The molecule has 0 aliphatic carbocycles. The summed E-state index contributed by atoms with van der Waals surface area (Å²) in [7, 11) is 2.11. The lowest BCUT2D eigenvalue weighted by Gasteiger charge is -2.30. The Bertz CT molecular complexity index is 853. The van der Waals surface area contributed by atoms with Gasteiger partial charge in [-0.05, 0) is 39.9 Å². The van der Waals surface area contributed by atoms with E-state index < -0.39 is 0 Å². The second-order valence-electron chi connectivity index (χ2n) is 6.72. The van der Waals surface area contributed by atoms with E-state index >= 15 is 0 Å². The minimum Gasteiger partial charge on any atom is -0.381 e. The number of hydrogen-bond donors (Lipinski definition) is 3. The second kappa shape index (κ2) is 9.10. The molecule has 2 aromatic heterocycles. The van der Waals surface area contributed by atoms with Crippen LogP contribution in [0.1, 0.15) is 35.8 Å². The van der Waals surface area contributed by atoms with Crippen LogP contribution in [-0.4, -0.2) is 58.5 Å². The molecule has 146 valence electrons. The van der Waals surface area contributed by atoms with E-state index in [4.69, 9.17) is 5.26 Å². The van der Waals surface area contributed by atoms with Gasteiger partial charge in [-0.3, -0.25) is 4.79 Å². The summed E-state index contributed by atoms with van der Waals surface area (Å²) in [4.78, 5) is 27.2. The number of pyridine rings is 1. The topological polar surface area (TPSA) is 119 Å². The average Bonchev–Trinajstić information content (AvgIpc) is 2.71. The van der Waals surface area contributed by atoms with E-state index in [9.17, 15) is 4.79 Å². The Morgan fingerprint density at radius 3 is 2.61 bits per heavy atom. The van der Waals surface area contributed by atoms with Crippen molar-refractivity contribution in [1.82, 2.24) is 25.2 Å². The van der Waals surface area contributed by atoms with Crippen molar-refractivity contribution in [1.29, 1.82) is 5.26 Å². The van der Waals surface area contributed by atoms with Gasteiger partial charge in [-0.15, -0.1) is 0 Å². The lowest BCUT2D eigenvalue weighted by atomic mass is 10.0. The number of nitrogens with zero attached hydrogens (tertiary/aromatic N) is 5. The molecule has 28 heavy (non-hydrogen) atoms. The van der Waals surface area contributed by atoms with Gasteiger partial charge in [0.15, 0.2) is 5.69 Å². The number of nitriles is 1. The fraction of sp³-hybridized carbons (Fsp3) is 0.421.